The summed E-state index contributed by atoms with van der Waals surface area (Å²) in [6, 6.07) is -0.487. The maximum atomic E-state index is 12.8. The average molecular weight is 302 g/mol. The van der Waals surface area contributed by atoms with Crippen molar-refractivity contribution in [3.63, 3.8) is 0 Å². The number of amides is 2. The molecule has 0 bridgehead atoms. The number of likely N-dealkylation sites (N-methyl/N-ethyl adjacent to an activating group) is 1. The van der Waals surface area contributed by atoms with Gasteiger partial charge in [-0.2, -0.15) is 13.2 Å². The lowest BCUT2D eigenvalue weighted by molar-refractivity contribution is -0.186. The van der Waals surface area contributed by atoms with Crippen molar-refractivity contribution in [3.8, 4) is 0 Å². The summed E-state index contributed by atoms with van der Waals surface area (Å²) in [5, 5.41) is 11.5. The van der Waals surface area contributed by atoms with Gasteiger partial charge in [0.2, 0.25) is 0 Å². The van der Waals surface area contributed by atoms with E-state index in [9.17, 15) is 23.1 Å². The molecular weight excluding hydrogens is 287 g/mol. The maximum Gasteiger partial charge on any atom is 0.393 e. The van der Waals surface area contributed by atoms with Crippen molar-refractivity contribution in [2.75, 3.05) is 20.1 Å². The second-order valence-corrected chi connectivity index (χ2v) is 5.44. The first-order chi connectivity index (χ1) is 8.71. The Morgan fingerprint density at radius 2 is 2.11 bits per heavy atom. The lowest BCUT2D eigenvalue weighted by Crippen LogP contribution is -2.58. The van der Waals surface area contributed by atoms with E-state index in [1.807, 2.05) is 0 Å². The summed E-state index contributed by atoms with van der Waals surface area (Å²) in [5.41, 5.74) is 0. The van der Waals surface area contributed by atoms with E-state index in [1.54, 1.807) is 0 Å². The van der Waals surface area contributed by atoms with Gasteiger partial charge in [-0.25, -0.2) is 4.79 Å². The van der Waals surface area contributed by atoms with Gasteiger partial charge in [0.15, 0.2) is 0 Å². The zero-order chi connectivity index (χ0) is 14.4. The fraction of sp³-hybridized carbons (Fsp3) is 0.900. The van der Waals surface area contributed by atoms with Gasteiger partial charge in [0.25, 0.3) is 0 Å². The molecule has 2 aliphatic heterocycles. The number of hydrogen-bond acceptors (Lipinski definition) is 3. The highest BCUT2D eigenvalue weighted by Gasteiger charge is 2.50. The van der Waals surface area contributed by atoms with Crippen LogP contribution in [0.5, 0.6) is 0 Å². The number of urea groups is 1. The van der Waals surface area contributed by atoms with E-state index in [4.69, 9.17) is 11.6 Å². The van der Waals surface area contributed by atoms with Crippen LogP contribution in [0.4, 0.5) is 18.0 Å². The van der Waals surface area contributed by atoms with Gasteiger partial charge < -0.3 is 10.0 Å². The monoisotopic (exact) mass is 301 g/mol. The lowest BCUT2D eigenvalue weighted by atomic mass is 9.94. The van der Waals surface area contributed by atoms with Crippen molar-refractivity contribution in [3.05, 3.63) is 0 Å². The summed E-state index contributed by atoms with van der Waals surface area (Å²) in [6.07, 6.45) is -6.72. The molecule has 0 radical (unpaired) electrons. The van der Waals surface area contributed by atoms with Gasteiger partial charge in [0, 0.05) is 13.6 Å². The van der Waals surface area contributed by atoms with Gasteiger partial charge in [0.1, 0.15) is 6.23 Å². The van der Waals surface area contributed by atoms with Crippen LogP contribution >= 0.6 is 11.6 Å². The van der Waals surface area contributed by atoms with E-state index in [0.717, 1.165) is 4.90 Å². The SMILES string of the molecule is CN1CC(O)N(C2CC(C(F)(F)F)C(Cl)CN2)C1=O. The fourth-order valence-corrected chi connectivity index (χ4v) is 2.82. The normalized spacial score (nSPS) is 37.1. The molecular formula is C10H15ClF3N3O2. The average Bonchev–Trinajstić information content (AvgIpc) is 2.53. The van der Waals surface area contributed by atoms with E-state index in [-0.39, 0.29) is 19.5 Å². The van der Waals surface area contributed by atoms with Crippen LogP contribution in [0.25, 0.3) is 0 Å². The van der Waals surface area contributed by atoms with Gasteiger partial charge in [0.05, 0.1) is 24.0 Å². The Labute approximate surface area is 113 Å². The largest absolute Gasteiger partial charge is 0.393 e. The molecule has 2 rings (SSSR count). The molecule has 2 aliphatic rings. The number of nitrogens with one attached hydrogen (secondary N) is 1. The molecule has 2 amide bonds. The number of hydrogen-bond donors (Lipinski definition) is 2. The molecule has 2 heterocycles. The zero-order valence-corrected chi connectivity index (χ0v) is 10.9. The topological polar surface area (TPSA) is 55.8 Å². The Bertz CT molecular complexity index is 368. The first-order valence-corrected chi connectivity index (χ1v) is 6.31. The predicted octanol–water partition coefficient (Wildman–Crippen LogP) is 0.777. The van der Waals surface area contributed by atoms with E-state index < -0.39 is 35.9 Å². The highest BCUT2D eigenvalue weighted by Crippen LogP contribution is 2.38. The third kappa shape index (κ3) is 2.75. The predicted molar refractivity (Wildman–Crippen MR) is 61.5 cm³/mol. The molecule has 0 aromatic heterocycles. The van der Waals surface area contributed by atoms with Gasteiger partial charge >= 0.3 is 12.2 Å². The maximum absolute atomic E-state index is 12.8. The molecule has 0 saturated carbocycles. The number of aliphatic hydroxyl groups excluding tert-OH is 1. The molecule has 4 unspecified atom stereocenters. The summed E-state index contributed by atoms with van der Waals surface area (Å²) in [5.74, 6) is -1.69. The molecule has 19 heavy (non-hydrogen) atoms. The molecule has 4 atom stereocenters. The Morgan fingerprint density at radius 1 is 1.47 bits per heavy atom. The zero-order valence-electron chi connectivity index (χ0n) is 10.2. The minimum atomic E-state index is -4.41. The molecule has 9 heteroatoms. The molecule has 0 aromatic rings. The third-order valence-electron chi connectivity index (χ3n) is 3.52. The van der Waals surface area contributed by atoms with Crippen LogP contribution in [0.2, 0.25) is 0 Å². The first-order valence-electron chi connectivity index (χ1n) is 5.87. The molecule has 2 fully saturated rings. The van der Waals surface area contributed by atoms with Gasteiger partial charge in [-0.15, -0.1) is 11.6 Å². The Morgan fingerprint density at radius 3 is 2.58 bits per heavy atom. The number of nitrogens with zero attached hydrogens (tertiary/aromatic N) is 2. The summed E-state index contributed by atoms with van der Waals surface area (Å²) >= 11 is 5.68. The number of alkyl halides is 4. The minimum absolute atomic E-state index is 0.0589. The van der Waals surface area contributed by atoms with Crippen LogP contribution < -0.4 is 5.32 Å². The number of aliphatic hydroxyl groups is 1. The molecule has 0 spiro atoms. The Balaban J connectivity index is 2.12. The van der Waals surface area contributed by atoms with Crippen molar-refractivity contribution in [2.45, 2.75) is 30.4 Å². The quantitative estimate of drug-likeness (QED) is 0.704. The number of rotatable bonds is 1. The summed E-state index contributed by atoms with van der Waals surface area (Å²) in [7, 11) is 1.49. The number of carbonyl (C=O) groups is 1. The van der Waals surface area contributed by atoms with Crippen LogP contribution in [-0.2, 0) is 0 Å². The van der Waals surface area contributed by atoms with Crippen molar-refractivity contribution < 1.29 is 23.1 Å². The van der Waals surface area contributed by atoms with Crippen molar-refractivity contribution in [2.24, 2.45) is 5.92 Å². The second-order valence-electron chi connectivity index (χ2n) is 4.87. The van der Waals surface area contributed by atoms with Crippen LogP contribution in [0.3, 0.4) is 0 Å². The van der Waals surface area contributed by atoms with Gasteiger partial charge in [-0.05, 0) is 6.42 Å². The lowest BCUT2D eigenvalue weighted by Gasteiger charge is -2.39. The van der Waals surface area contributed by atoms with Gasteiger partial charge in [-0.3, -0.25) is 10.2 Å². The van der Waals surface area contributed by atoms with E-state index in [2.05, 4.69) is 5.32 Å². The second kappa shape index (κ2) is 4.99. The minimum Gasteiger partial charge on any atom is -0.371 e. The number of halogens is 4. The van der Waals surface area contributed by atoms with Crippen molar-refractivity contribution in [1.82, 2.24) is 15.1 Å². The molecule has 110 valence electrons. The Hall–Kier alpha value is -0.730. The summed E-state index contributed by atoms with van der Waals surface area (Å²) < 4.78 is 38.5. The summed E-state index contributed by atoms with van der Waals surface area (Å²) in [6.45, 7) is 0.0224. The highest BCUT2D eigenvalue weighted by molar-refractivity contribution is 6.21. The third-order valence-corrected chi connectivity index (χ3v) is 3.98. The smallest absolute Gasteiger partial charge is 0.371 e. The van der Waals surface area contributed by atoms with Crippen LogP contribution in [0.15, 0.2) is 0 Å². The van der Waals surface area contributed by atoms with E-state index in [0.29, 0.717) is 0 Å². The number of β-amino-alcohol motifs (C(OH)–C–C–N with tert-alkyl or cyclic N) is 1. The Kier molecular flexibility index (Phi) is 3.85. The van der Waals surface area contributed by atoms with Crippen molar-refractivity contribution >= 4 is 17.6 Å². The van der Waals surface area contributed by atoms with Crippen LogP contribution in [0, 0.1) is 5.92 Å². The van der Waals surface area contributed by atoms with Gasteiger partial charge in [-0.1, -0.05) is 0 Å². The van der Waals surface area contributed by atoms with Crippen LogP contribution in [-0.4, -0.2) is 65.0 Å². The first kappa shape index (κ1) is 14.7. The molecule has 2 N–H and O–H groups in total. The molecule has 0 aliphatic carbocycles. The molecule has 0 aromatic carbocycles. The number of carbonyl (C=O) groups excluding carboxylic acids is 1. The fourth-order valence-electron chi connectivity index (χ4n) is 2.49. The molecule has 2 saturated heterocycles. The van der Waals surface area contributed by atoms with E-state index in [1.165, 1.54) is 11.9 Å². The molecule has 5 nitrogen and oxygen atoms in total. The highest BCUT2D eigenvalue weighted by atomic mass is 35.5. The summed E-state index contributed by atoms with van der Waals surface area (Å²) in [4.78, 5) is 14.1. The van der Waals surface area contributed by atoms with Crippen LogP contribution in [0.1, 0.15) is 6.42 Å². The van der Waals surface area contributed by atoms with E-state index >= 15 is 0 Å². The standard InChI is InChI=1S/C10H15ClF3N3O2/c1-16-4-8(18)17(9(16)19)7-2-5(10(12,13)14)6(11)3-15-7/h5-8,15,18H,2-4H2,1H3. The number of piperidine rings is 1. The van der Waals surface area contributed by atoms with Crippen molar-refractivity contribution in [1.29, 1.82) is 0 Å².